The molecule has 3 rings (SSSR count). The summed E-state index contributed by atoms with van der Waals surface area (Å²) in [4.78, 5) is 4.84. The third kappa shape index (κ3) is 2.67. The van der Waals surface area contributed by atoms with Crippen molar-refractivity contribution in [3.05, 3.63) is 29.1 Å². The molecule has 2 fully saturated rings. The molecule has 2 aliphatic rings. The van der Waals surface area contributed by atoms with E-state index in [0.29, 0.717) is 23.2 Å². The largest absolute Gasteiger partial charge is 0.389 e. The molecule has 116 valence electrons. The third-order valence-electron chi connectivity index (χ3n) is 5.25. The van der Waals surface area contributed by atoms with Crippen molar-refractivity contribution in [2.24, 2.45) is 0 Å². The van der Waals surface area contributed by atoms with Crippen LogP contribution >= 0.6 is 0 Å². The van der Waals surface area contributed by atoms with Crippen LogP contribution in [0.25, 0.3) is 0 Å². The Morgan fingerprint density at radius 1 is 1.24 bits per heavy atom. The number of aliphatic hydroxyl groups is 1. The van der Waals surface area contributed by atoms with Crippen molar-refractivity contribution >= 4 is 5.69 Å². The lowest BCUT2D eigenvalue weighted by atomic mass is 10.0. The molecule has 0 aromatic heterocycles. The Labute approximate surface area is 126 Å². The normalized spacial score (nSPS) is 27.8. The Kier molecular flexibility index (Phi) is 3.93. The van der Waals surface area contributed by atoms with E-state index in [2.05, 4.69) is 16.8 Å². The summed E-state index contributed by atoms with van der Waals surface area (Å²) >= 11 is 0. The molecule has 1 aromatic rings. The van der Waals surface area contributed by atoms with E-state index >= 15 is 0 Å². The van der Waals surface area contributed by atoms with Gasteiger partial charge in [-0.25, -0.2) is 4.39 Å². The van der Waals surface area contributed by atoms with Crippen LogP contribution in [0, 0.1) is 12.7 Å². The van der Waals surface area contributed by atoms with Gasteiger partial charge in [0.1, 0.15) is 5.82 Å². The van der Waals surface area contributed by atoms with Gasteiger partial charge in [-0.05, 0) is 57.9 Å². The first kappa shape index (κ1) is 14.8. The van der Waals surface area contributed by atoms with Gasteiger partial charge >= 0.3 is 0 Å². The second kappa shape index (κ2) is 5.58. The van der Waals surface area contributed by atoms with Crippen LogP contribution in [0.3, 0.4) is 0 Å². The van der Waals surface area contributed by atoms with Gasteiger partial charge < -0.3 is 10.0 Å². The summed E-state index contributed by atoms with van der Waals surface area (Å²) in [7, 11) is 2.22. The summed E-state index contributed by atoms with van der Waals surface area (Å²) in [5, 5.41) is 10.0. The first-order valence-corrected chi connectivity index (χ1v) is 7.92. The van der Waals surface area contributed by atoms with E-state index in [1.807, 2.05) is 6.07 Å². The molecule has 2 aliphatic heterocycles. The quantitative estimate of drug-likeness (QED) is 0.908. The first-order valence-electron chi connectivity index (χ1n) is 7.92. The zero-order valence-corrected chi connectivity index (χ0v) is 13.1. The van der Waals surface area contributed by atoms with Crippen molar-refractivity contribution in [3.63, 3.8) is 0 Å². The summed E-state index contributed by atoms with van der Waals surface area (Å²) in [6.07, 6.45) is 3.03. The summed E-state index contributed by atoms with van der Waals surface area (Å²) in [6.45, 7) is 5.46. The average Bonchev–Trinajstić information content (AvgIpc) is 2.66. The van der Waals surface area contributed by atoms with E-state index in [9.17, 15) is 9.50 Å². The van der Waals surface area contributed by atoms with Crippen molar-refractivity contribution in [1.29, 1.82) is 0 Å². The van der Waals surface area contributed by atoms with Crippen molar-refractivity contribution in [2.45, 2.75) is 51.3 Å². The van der Waals surface area contributed by atoms with Gasteiger partial charge in [-0.3, -0.25) is 4.90 Å². The molecular weight excluding hydrogens is 267 g/mol. The fourth-order valence-corrected chi connectivity index (χ4v) is 3.82. The molecule has 0 saturated carbocycles. The zero-order valence-electron chi connectivity index (χ0n) is 13.1. The standard InChI is InChI=1S/C17H25FN2O/c1-11-8-17(15(12(2)21)9-16(11)18)20-7-6-13-4-5-14(10-20)19(13)3/h8-9,12-14,21H,4-7,10H2,1-3H3/t12-,13?,14?/m0/s1. The maximum absolute atomic E-state index is 13.8. The predicted molar refractivity (Wildman–Crippen MR) is 83.2 cm³/mol. The zero-order chi connectivity index (χ0) is 15.1. The number of aryl methyl sites for hydroxylation is 1. The minimum atomic E-state index is -0.645. The lowest BCUT2D eigenvalue weighted by Gasteiger charge is -2.30. The summed E-state index contributed by atoms with van der Waals surface area (Å²) in [5.74, 6) is -0.233. The van der Waals surface area contributed by atoms with Gasteiger partial charge in [-0.2, -0.15) is 0 Å². The molecule has 0 radical (unpaired) electrons. The maximum Gasteiger partial charge on any atom is 0.126 e. The summed E-state index contributed by atoms with van der Waals surface area (Å²) in [5.41, 5.74) is 2.36. The highest BCUT2D eigenvalue weighted by Gasteiger charge is 2.35. The number of halogens is 1. The lowest BCUT2D eigenvalue weighted by Crippen LogP contribution is -2.37. The number of hydrogen-bond donors (Lipinski definition) is 1. The van der Waals surface area contributed by atoms with Crippen LogP contribution in [0.15, 0.2) is 12.1 Å². The Morgan fingerprint density at radius 2 is 1.95 bits per heavy atom. The third-order valence-corrected chi connectivity index (χ3v) is 5.25. The molecule has 2 saturated heterocycles. The lowest BCUT2D eigenvalue weighted by molar-refractivity contribution is 0.199. The second-order valence-corrected chi connectivity index (χ2v) is 6.62. The van der Waals surface area contributed by atoms with Gasteiger partial charge in [-0.15, -0.1) is 0 Å². The van der Waals surface area contributed by atoms with Gasteiger partial charge in [-0.1, -0.05) is 0 Å². The fraction of sp³-hybridized carbons (Fsp3) is 0.647. The van der Waals surface area contributed by atoms with E-state index in [-0.39, 0.29) is 5.82 Å². The number of nitrogens with zero attached hydrogens (tertiary/aromatic N) is 2. The molecule has 2 heterocycles. The van der Waals surface area contributed by atoms with Crippen molar-refractivity contribution < 1.29 is 9.50 Å². The fourth-order valence-electron chi connectivity index (χ4n) is 3.82. The maximum atomic E-state index is 13.8. The van der Waals surface area contributed by atoms with Crippen LogP contribution < -0.4 is 4.90 Å². The van der Waals surface area contributed by atoms with Crippen molar-refractivity contribution in [2.75, 3.05) is 25.0 Å². The van der Waals surface area contributed by atoms with Crippen LogP contribution in [0.2, 0.25) is 0 Å². The van der Waals surface area contributed by atoms with Gasteiger partial charge in [0.25, 0.3) is 0 Å². The molecule has 1 N–H and O–H groups in total. The minimum absolute atomic E-state index is 0.233. The minimum Gasteiger partial charge on any atom is -0.389 e. The van der Waals surface area contributed by atoms with Crippen LogP contribution in [-0.2, 0) is 0 Å². The van der Waals surface area contributed by atoms with Crippen LogP contribution in [0.5, 0.6) is 0 Å². The Hall–Kier alpha value is -1.13. The van der Waals surface area contributed by atoms with Gasteiger partial charge in [0.2, 0.25) is 0 Å². The molecule has 2 unspecified atom stereocenters. The van der Waals surface area contributed by atoms with E-state index in [1.54, 1.807) is 13.8 Å². The molecule has 4 heteroatoms. The predicted octanol–water partition coefficient (Wildman–Crippen LogP) is 2.86. The highest BCUT2D eigenvalue weighted by molar-refractivity contribution is 5.57. The highest BCUT2D eigenvalue weighted by Crippen LogP contribution is 2.34. The summed E-state index contributed by atoms with van der Waals surface area (Å²) in [6, 6.07) is 4.65. The average molecular weight is 292 g/mol. The van der Waals surface area contributed by atoms with Crippen molar-refractivity contribution in [1.82, 2.24) is 4.90 Å². The second-order valence-electron chi connectivity index (χ2n) is 6.62. The molecule has 3 atom stereocenters. The molecule has 1 aromatic carbocycles. The van der Waals surface area contributed by atoms with Crippen LogP contribution in [-0.4, -0.2) is 42.2 Å². The topological polar surface area (TPSA) is 26.7 Å². The summed E-state index contributed by atoms with van der Waals surface area (Å²) < 4.78 is 13.8. The van der Waals surface area contributed by atoms with Crippen LogP contribution in [0.4, 0.5) is 10.1 Å². The Morgan fingerprint density at radius 3 is 2.67 bits per heavy atom. The Bertz CT molecular complexity index is 532. The molecule has 0 aliphatic carbocycles. The number of anilines is 1. The number of benzene rings is 1. The van der Waals surface area contributed by atoms with E-state index in [0.717, 1.165) is 25.2 Å². The van der Waals surface area contributed by atoms with E-state index < -0.39 is 6.10 Å². The molecule has 0 spiro atoms. The number of likely N-dealkylation sites (N-methyl/N-ethyl adjacent to an activating group) is 1. The molecule has 0 amide bonds. The van der Waals surface area contributed by atoms with Gasteiger partial charge in [0.15, 0.2) is 0 Å². The SMILES string of the molecule is Cc1cc(N2CCC3CCC(C2)N3C)c([C@H](C)O)cc1F. The highest BCUT2D eigenvalue weighted by atomic mass is 19.1. The first-order chi connectivity index (χ1) is 9.97. The van der Waals surface area contributed by atoms with E-state index in [4.69, 9.17) is 0 Å². The number of hydrogen-bond acceptors (Lipinski definition) is 3. The number of fused-ring (bicyclic) bond motifs is 2. The molecule has 3 nitrogen and oxygen atoms in total. The number of rotatable bonds is 2. The number of aliphatic hydroxyl groups excluding tert-OH is 1. The monoisotopic (exact) mass is 292 g/mol. The Balaban J connectivity index is 1.94. The van der Waals surface area contributed by atoms with Crippen LogP contribution in [0.1, 0.15) is 43.4 Å². The van der Waals surface area contributed by atoms with Gasteiger partial charge in [0.05, 0.1) is 6.10 Å². The van der Waals surface area contributed by atoms with Crippen molar-refractivity contribution in [3.8, 4) is 0 Å². The van der Waals surface area contributed by atoms with E-state index in [1.165, 1.54) is 18.9 Å². The molecular formula is C17H25FN2O. The molecule has 21 heavy (non-hydrogen) atoms. The molecule has 2 bridgehead atoms. The van der Waals surface area contributed by atoms with Gasteiger partial charge in [0, 0.05) is 36.4 Å². The smallest absolute Gasteiger partial charge is 0.126 e.